The minimum atomic E-state index is -4.13. The number of hydrogen-bond acceptors (Lipinski definition) is 4. The van der Waals surface area contributed by atoms with Crippen LogP contribution < -0.4 is 9.62 Å². The van der Waals surface area contributed by atoms with E-state index in [-0.39, 0.29) is 23.0 Å². The number of carbonyl (C=O) groups is 2. The lowest BCUT2D eigenvalue weighted by molar-refractivity contribution is -0.140. The van der Waals surface area contributed by atoms with Crippen LogP contribution in [0, 0.1) is 6.92 Å². The summed E-state index contributed by atoms with van der Waals surface area (Å²) in [6.45, 7) is 8.66. The van der Waals surface area contributed by atoms with Crippen molar-refractivity contribution in [3.05, 3.63) is 93.4 Å². The zero-order valence-corrected chi connectivity index (χ0v) is 25.8. The predicted molar refractivity (Wildman–Crippen MR) is 159 cm³/mol. The Balaban J connectivity index is 2.03. The molecule has 1 atom stereocenters. The highest BCUT2D eigenvalue weighted by molar-refractivity contribution is 9.10. The molecular weight excluding hydrogens is 602 g/mol. The second-order valence-electron chi connectivity index (χ2n) is 10.4. The van der Waals surface area contributed by atoms with Crippen molar-refractivity contribution in [2.24, 2.45) is 0 Å². The van der Waals surface area contributed by atoms with Gasteiger partial charge in [-0.15, -0.1) is 0 Å². The first-order valence-corrected chi connectivity index (χ1v) is 15.0. The molecule has 0 saturated carbocycles. The second-order valence-corrected chi connectivity index (χ2v) is 13.6. The van der Waals surface area contributed by atoms with E-state index in [2.05, 4.69) is 21.2 Å². The molecule has 208 valence electrons. The largest absolute Gasteiger partial charge is 0.350 e. The molecule has 0 fully saturated rings. The maximum absolute atomic E-state index is 13.9. The SMILES string of the molecule is Cc1ccc(S(=O)(=O)N(CC(=O)N(Cc2cccc(Br)c2)C(C)C(=O)NC(C)(C)C)c2ccc(Cl)cc2)cc1. The Bertz CT molecular complexity index is 1420. The molecule has 0 radical (unpaired) electrons. The number of nitrogens with zero attached hydrogens (tertiary/aromatic N) is 2. The summed E-state index contributed by atoms with van der Waals surface area (Å²) in [4.78, 5) is 28.5. The number of sulfonamides is 1. The van der Waals surface area contributed by atoms with Crippen molar-refractivity contribution in [2.75, 3.05) is 10.8 Å². The van der Waals surface area contributed by atoms with E-state index >= 15 is 0 Å². The summed E-state index contributed by atoms with van der Waals surface area (Å²) in [5.74, 6) is -0.873. The number of hydrogen-bond donors (Lipinski definition) is 1. The van der Waals surface area contributed by atoms with Gasteiger partial charge in [0.25, 0.3) is 10.0 Å². The highest BCUT2D eigenvalue weighted by Crippen LogP contribution is 2.26. The van der Waals surface area contributed by atoms with Gasteiger partial charge in [-0.3, -0.25) is 13.9 Å². The second kappa shape index (κ2) is 12.5. The van der Waals surface area contributed by atoms with Crippen molar-refractivity contribution in [1.29, 1.82) is 0 Å². The fourth-order valence-electron chi connectivity index (χ4n) is 3.86. The molecule has 39 heavy (non-hydrogen) atoms. The van der Waals surface area contributed by atoms with Gasteiger partial charge in [0.15, 0.2) is 0 Å². The molecule has 0 aliphatic carbocycles. The minimum Gasteiger partial charge on any atom is -0.350 e. The molecule has 2 amide bonds. The van der Waals surface area contributed by atoms with Crippen LogP contribution in [0.25, 0.3) is 0 Å². The average molecular weight is 635 g/mol. The third-order valence-electron chi connectivity index (χ3n) is 5.91. The lowest BCUT2D eigenvalue weighted by Gasteiger charge is -2.33. The molecule has 1 unspecified atom stereocenters. The summed E-state index contributed by atoms with van der Waals surface area (Å²) in [6.07, 6.45) is 0. The third kappa shape index (κ3) is 8.30. The molecule has 3 aromatic carbocycles. The first-order chi connectivity index (χ1) is 18.2. The molecule has 0 spiro atoms. The highest BCUT2D eigenvalue weighted by Gasteiger charge is 2.33. The molecule has 0 aliphatic heterocycles. The number of anilines is 1. The van der Waals surface area contributed by atoms with Gasteiger partial charge in [-0.2, -0.15) is 0 Å². The summed E-state index contributed by atoms with van der Waals surface area (Å²) in [6, 6.07) is 19.2. The van der Waals surface area contributed by atoms with Crippen molar-refractivity contribution in [3.8, 4) is 0 Å². The molecule has 0 heterocycles. The van der Waals surface area contributed by atoms with Crippen molar-refractivity contribution < 1.29 is 18.0 Å². The van der Waals surface area contributed by atoms with Crippen molar-refractivity contribution >= 4 is 55.1 Å². The van der Waals surface area contributed by atoms with Gasteiger partial charge in [0.1, 0.15) is 12.6 Å². The Morgan fingerprint density at radius 1 is 1.00 bits per heavy atom. The van der Waals surface area contributed by atoms with E-state index in [1.807, 2.05) is 52.0 Å². The van der Waals surface area contributed by atoms with Crippen molar-refractivity contribution in [2.45, 2.75) is 57.6 Å². The smallest absolute Gasteiger partial charge is 0.264 e. The van der Waals surface area contributed by atoms with Crippen molar-refractivity contribution in [1.82, 2.24) is 10.2 Å². The van der Waals surface area contributed by atoms with Crippen LogP contribution in [0.4, 0.5) is 5.69 Å². The normalized spacial score (nSPS) is 12.5. The summed E-state index contributed by atoms with van der Waals surface area (Å²) in [5, 5.41) is 3.35. The Kier molecular flexibility index (Phi) is 9.85. The first-order valence-electron chi connectivity index (χ1n) is 12.4. The molecule has 3 rings (SSSR count). The van der Waals surface area contributed by atoms with Gasteiger partial charge in [0.05, 0.1) is 10.6 Å². The van der Waals surface area contributed by atoms with Gasteiger partial charge in [0.2, 0.25) is 11.8 Å². The lowest BCUT2D eigenvalue weighted by atomic mass is 10.1. The number of rotatable bonds is 9. The van der Waals surface area contributed by atoms with Crippen LogP contribution >= 0.6 is 27.5 Å². The monoisotopic (exact) mass is 633 g/mol. The summed E-state index contributed by atoms with van der Waals surface area (Å²) in [7, 11) is -4.13. The number of amides is 2. The molecule has 0 saturated heterocycles. The fourth-order valence-corrected chi connectivity index (χ4v) is 5.85. The standard InChI is InChI=1S/C29H33BrClN3O4S/c1-20-9-15-26(16-10-20)39(37,38)34(25-13-11-24(31)12-14-25)19-27(35)33(18-22-7-6-8-23(30)17-22)21(2)28(36)32-29(3,4)5/h6-17,21H,18-19H2,1-5H3,(H,32,36). The fraction of sp³-hybridized carbons (Fsp3) is 0.310. The van der Waals surface area contributed by atoms with Gasteiger partial charge in [-0.05, 0) is 88.7 Å². The van der Waals surface area contributed by atoms with Crippen molar-refractivity contribution in [3.63, 3.8) is 0 Å². The van der Waals surface area contributed by atoms with Gasteiger partial charge in [0, 0.05) is 21.6 Å². The zero-order valence-electron chi connectivity index (χ0n) is 22.6. The maximum atomic E-state index is 13.9. The number of halogens is 2. The number of aryl methyl sites for hydroxylation is 1. The van der Waals surface area contributed by atoms with Gasteiger partial charge in [-0.1, -0.05) is 57.4 Å². The minimum absolute atomic E-state index is 0.0490. The quantitative estimate of drug-likeness (QED) is 0.316. The van der Waals surface area contributed by atoms with Crippen LogP contribution in [-0.4, -0.2) is 43.3 Å². The Labute approximate surface area is 244 Å². The van der Waals surface area contributed by atoms with Crippen LogP contribution in [0.3, 0.4) is 0 Å². The van der Waals surface area contributed by atoms with E-state index in [1.165, 1.54) is 17.0 Å². The van der Waals surface area contributed by atoms with Crippen LogP contribution in [-0.2, 0) is 26.2 Å². The topological polar surface area (TPSA) is 86.8 Å². The Morgan fingerprint density at radius 3 is 2.18 bits per heavy atom. The van der Waals surface area contributed by atoms with E-state index in [0.29, 0.717) is 5.02 Å². The van der Waals surface area contributed by atoms with Crippen LogP contribution in [0.1, 0.15) is 38.8 Å². The summed E-state index contributed by atoms with van der Waals surface area (Å²) in [5.41, 5.74) is 1.46. The number of carbonyl (C=O) groups excluding carboxylic acids is 2. The van der Waals surface area contributed by atoms with Crippen LogP contribution in [0.2, 0.25) is 5.02 Å². The van der Waals surface area contributed by atoms with E-state index < -0.39 is 34.1 Å². The molecule has 1 N–H and O–H groups in total. The molecule has 3 aromatic rings. The van der Waals surface area contributed by atoms with Crippen LogP contribution in [0.15, 0.2) is 82.2 Å². The first kappa shape index (κ1) is 30.7. The van der Waals surface area contributed by atoms with Gasteiger partial charge < -0.3 is 10.2 Å². The van der Waals surface area contributed by atoms with E-state index in [9.17, 15) is 18.0 Å². The lowest BCUT2D eigenvalue weighted by Crippen LogP contribution is -2.54. The molecule has 0 bridgehead atoms. The zero-order chi connectivity index (χ0) is 29.0. The average Bonchev–Trinajstić information content (AvgIpc) is 2.85. The number of benzene rings is 3. The molecule has 7 nitrogen and oxygen atoms in total. The van der Waals surface area contributed by atoms with E-state index in [4.69, 9.17) is 11.6 Å². The molecule has 0 aromatic heterocycles. The molecule has 0 aliphatic rings. The Morgan fingerprint density at radius 2 is 1.62 bits per heavy atom. The molecule has 10 heteroatoms. The molecular formula is C29H33BrClN3O4S. The van der Waals surface area contributed by atoms with E-state index in [0.717, 1.165) is 19.9 Å². The maximum Gasteiger partial charge on any atom is 0.264 e. The third-order valence-corrected chi connectivity index (χ3v) is 8.44. The van der Waals surface area contributed by atoms with Gasteiger partial charge >= 0.3 is 0 Å². The summed E-state index contributed by atoms with van der Waals surface area (Å²) >= 11 is 9.51. The number of nitrogens with one attached hydrogen (secondary N) is 1. The predicted octanol–water partition coefficient (Wildman–Crippen LogP) is 5.94. The highest BCUT2D eigenvalue weighted by atomic mass is 79.9. The van der Waals surface area contributed by atoms with Crippen LogP contribution in [0.5, 0.6) is 0 Å². The Hall–Kier alpha value is -2.88. The summed E-state index contributed by atoms with van der Waals surface area (Å²) < 4.78 is 29.5. The van der Waals surface area contributed by atoms with Gasteiger partial charge in [-0.25, -0.2) is 8.42 Å². The van der Waals surface area contributed by atoms with E-state index in [1.54, 1.807) is 43.3 Å².